The first kappa shape index (κ1) is 11.2. The van der Waals surface area contributed by atoms with Gasteiger partial charge in [0.1, 0.15) is 0 Å². The minimum Gasteiger partial charge on any atom is -0.339 e. The molecule has 0 radical (unpaired) electrons. The second-order valence-electron chi connectivity index (χ2n) is 4.90. The molecule has 1 saturated heterocycles. The van der Waals surface area contributed by atoms with Crippen LogP contribution in [0.4, 0.5) is 0 Å². The zero-order valence-corrected chi connectivity index (χ0v) is 11.0. The van der Waals surface area contributed by atoms with Gasteiger partial charge in [0.25, 0.3) is 0 Å². The summed E-state index contributed by atoms with van der Waals surface area (Å²) in [5.74, 6) is 0.300. The Labute approximate surface area is 106 Å². The molecule has 0 atom stereocenters. The molecule has 3 heterocycles. The molecule has 0 aliphatic carbocycles. The summed E-state index contributed by atoms with van der Waals surface area (Å²) in [6.07, 6.45) is 1.83. The van der Waals surface area contributed by atoms with E-state index in [1.165, 1.54) is 12.0 Å². The van der Waals surface area contributed by atoms with Crippen LogP contribution in [0.5, 0.6) is 0 Å². The van der Waals surface area contributed by atoms with E-state index in [0.717, 1.165) is 26.2 Å². The maximum atomic E-state index is 11.5. The van der Waals surface area contributed by atoms with E-state index in [9.17, 15) is 4.79 Å². The molecular weight excluding hydrogens is 232 g/mol. The van der Waals surface area contributed by atoms with E-state index in [2.05, 4.69) is 16.3 Å². The minimum absolute atomic E-state index is 0.300. The largest absolute Gasteiger partial charge is 0.339 e. The van der Waals surface area contributed by atoms with E-state index < -0.39 is 0 Å². The third kappa shape index (κ3) is 2.00. The molecule has 0 aromatic carbocycles. The summed E-state index contributed by atoms with van der Waals surface area (Å²) in [6.45, 7) is 6.05. The summed E-state index contributed by atoms with van der Waals surface area (Å²) in [5, 5.41) is 2.20. The first-order valence-electron chi connectivity index (χ1n) is 6.35. The van der Waals surface area contributed by atoms with Crippen LogP contribution < -0.4 is 0 Å². The van der Waals surface area contributed by atoms with Crippen molar-refractivity contribution in [2.45, 2.75) is 32.4 Å². The molecule has 3 rings (SSSR count). The van der Waals surface area contributed by atoms with Crippen LogP contribution in [0.15, 0.2) is 11.4 Å². The van der Waals surface area contributed by atoms with Crippen LogP contribution in [-0.2, 0) is 17.8 Å². The monoisotopic (exact) mass is 250 g/mol. The van der Waals surface area contributed by atoms with E-state index in [0.29, 0.717) is 18.4 Å². The molecule has 0 spiro atoms. The Morgan fingerprint density at radius 2 is 2.35 bits per heavy atom. The second-order valence-corrected chi connectivity index (χ2v) is 5.90. The summed E-state index contributed by atoms with van der Waals surface area (Å²) < 4.78 is 0. The maximum absolute atomic E-state index is 11.5. The topological polar surface area (TPSA) is 23.6 Å². The lowest BCUT2D eigenvalue weighted by molar-refractivity contribution is -0.138. The number of amides is 1. The number of rotatable bonds is 2. The lowest BCUT2D eigenvalue weighted by Crippen LogP contribution is -2.61. The van der Waals surface area contributed by atoms with Crippen molar-refractivity contribution < 1.29 is 4.79 Å². The highest BCUT2D eigenvalue weighted by Crippen LogP contribution is 2.27. The molecule has 4 heteroatoms. The summed E-state index contributed by atoms with van der Waals surface area (Å²) in [6, 6.07) is 2.85. The number of carbonyl (C=O) groups excluding carboxylic acids is 1. The van der Waals surface area contributed by atoms with Crippen LogP contribution in [0.1, 0.15) is 23.8 Å². The van der Waals surface area contributed by atoms with Crippen molar-refractivity contribution in [1.29, 1.82) is 0 Å². The quantitative estimate of drug-likeness (QED) is 0.798. The van der Waals surface area contributed by atoms with Crippen molar-refractivity contribution >= 4 is 17.2 Å². The summed E-state index contributed by atoms with van der Waals surface area (Å²) in [5.41, 5.74) is 1.50. The summed E-state index contributed by atoms with van der Waals surface area (Å²) in [4.78, 5) is 17.6. The van der Waals surface area contributed by atoms with Gasteiger partial charge in [-0.2, -0.15) is 0 Å². The van der Waals surface area contributed by atoms with Gasteiger partial charge >= 0.3 is 0 Å². The number of hydrogen-bond donors (Lipinski definition) is 0. The van der Waals surface area contributed by atoms with Crippen LogP contribution in [0.3, 0.4) is 0 Å². The van der Waals surface area contributed by atoms with Gasteiger partial charge in [0.05, 0.1) is 0 Å². The summed E-state index contributed by atoms with van der Waals surface area (Å²) >= 11 is 1.88. The van der Waals surface area contributed by atoms with Crippen molar-refractivity contribution in [2.75, 3.05) is 19.6 Å². The normalized spacial score (nSPS) is 21.1. The Hall–Kier alpha value is -0.870. The molecule has 17 heavy (non-hydrogen) atoms. The van der Waals surface area contributed by atoms with Gasteiger partial charge in [-0.1, -0.05) is 6.92 Å². The SMILES string of the molecule is CCC(=O)N1CC(N2CCc3sccc3C2)C1. The lowest BCUT2D eigenvalue weighted by Gasteiger charge is -2.46. The van der Waals surface area contributed by atoms with Crippen molar-refractivity contribution in [3.05, 3.63) is 21.9 Å². The first-order chi connectivity index (χ1) is 8.28. The Morgan fingerprint density at radius 3 is 3.12 bits per heavy atom. The van der Waals surface area contributed by atoms with Crippen molar-refractivity contribution in [3.63, 3.8) is 0 Å². The molecule has 2 aliphatic rings. The van der Waals surface area contributed by atoms with Crippen LogP contribution in [0, 0.1) is 0 Å². The number of carbonyl (C=O) groups is 1. The predicted molar refractivity (Wildman–Crippen MR) is 69.1 cm³/mol. The van der Waals surface area contributed by atoms with E-state index in [4.69, 9.17) is 0 Å². The molecule has 3 nitrogen and oxygen atoms in total. The number of hydrogen-bond acceptors (Lipinski definition) is 3. The highest BCUT2D eigenvalue weighted by molar-refractivity contribution is 7.10. The van der Waals surface area contributed by atoms with Gasteiger partial charge < -0.3 is 4.90 Å². The number of thiophene rings is 1. The van der Waals surface area contributed by atoms with Crippen LogP contribution in [0.2, 0.25) is 0 Å². The van der Waals surface area contributed by atoms with Gasteiger partial charge in [-0.05, 0) is 23.4 Å². The molecule has 1 aromatic rings. The fraction of sp³-hybridized carbons (Fsp3) is 0.615. The summed E-state index contributed by atoms with van der Waals surface area (Å²) in [7, 11) is 0. The second kappa shape index (κ2) is 4.42. The van der Waals surface area contributed by atoms with Crippen LogP contribution in [-0.4, -0.2) is 41.4 Å². The van der Waals surface area contributed by atoms with Gasteiger partial charge in [0.2, 0.25) is 5.91 Å². The van der Waals surface area contributed by atoms with E-state index in [1.807, 2.05) is 23.2 Å². The van der Waals surface area contributed by atoms with Gasteiger partial charge in [-0.25, -0.2) is 0 Å². The first-order valence-corrected chi connectivity index (χ1v) is 7.23. The van der Waals surface area contributed by atoms with Crippen LogP contribution >= 0.6 is 11.3 Å². The molecule has 1 fully saturated rings. The predicted octanol–water partition coefficient (Wildman–Crippen LogP) is 1.73. The van der Waals surface area contributed by atoms with E-state index in [1.54, 1.807) is 4.88 Å². The van der Waals surface area contributed by atoms with Crippen molar-refractivity contribution in [2.24, 2.45) is 0 Å². The fourth-order valence-corrected chi connectivity index (χ4v) is 3.59. The van der Waals surface area contributed by atoms with Crippen molar-refractivity contribution in [1.82, 2.24) is 9.80 Å². The molecule has 0 bridgehead atoms. The van der Waals surface area contributed by atoms with Gasteiger partial charge in [-0.3, -0.25) is 9.69 Å². The Kier molecular flexibility index (Phi) is 2.92. The third-order valence-corrected chi connectivity index (χ3v) is 4.89. The van der Waals surface area contributed by atoms with Gasteiger partial charge in [0.15, 0.2) is 0 Å². The lowest BCUT2D eigenvalue weighted by atomic mass is 10.0. The molecule has 92 valence electrons. The van der Waals surface area contributed by atoms with E-state index in [-0.39, 0.29) is 0 Å². The Bertz CT molecular complexity index is 423. The molecule has 1 amide bonds. The molecule has 1 aromatic heterocycles. The molecule has 0 unspecified atom stereocenters. The Balaban J connectivity index is 1.57. The Morgan fingerprint density at radius 1 is 1.53 bits per heavy atom. The highest BCUT2D eigenvalue weighted by atomic mass is 32.1. The van der Waals surface area contributed by atoms with Gasteiger partial charge in [-0.15, -0.1) is 11.3 Å². The van der Waals surface area contributed by atoms with Crippen molar-refractivity contribution in [3.8, 4) is 0 Å². The maximum Gasteiger partial charge on any atom is 0.222 e. The molecular formula is C13H18N2OS. The average Bonchev–Trinajstić information content (AvgIpc) is 2.74. The smallest absolute Gasteiger partial charge is 0.222 e. The molecule has 0 saturated carbocycles. The average molecular weight is 250 g/mol. The number of nitrogens with zero attached hydrogens (tertiary/aromatic N) is 2. The van der Waals surface area contributed by atoms with E-state index >= 15 is 0 Å². The minimum atomic E-state index is 0.300. The fourth-order valence-electron chi connectivity index (χ4n) is 2.70. The standard InChI is InChI=1S/C13H18N2OS/c1-2-13(16)15-8-11(9-15)14-5-3-12-10(7-14)4-6-17-12/h4,6,11H,2-3,5,7-9H2,1H3. The zero-order valence-electron chi connectivity index (χ0n) is 10.2. The molecule has 0 N–H and O–H groups in total. The highest BCUT2D eigenvalue weighted by Gasteiger charge is 2.35. The van der Waals surface area contributed by atoms with Gasteiger partial charge in [0, 0.05) is 43.5 Å². The number of fused-ring (bicyclic) bond motifs is 1. The van der Waals surface area contributed by atoms with Crippen LogP contribution in [0.25, 0.3) is 0 Å². The molecule has 2 aliphatic heterocycles. The number of likely N-dealkylation sites (tertiary alicyclic amines) is 1. The zero-order chi connectivity index (χ0) is 11.8. The third-order valence-electron chi connectivity index (χ3n) is 3.87.